The van der Waals surface area contributed by atoms with Crippen LogP contribution in [-0.4, -0.2) is 25.0 Å². The monoisotopic (exact) mass is 307 g/mol. The van der Waals surface area contributed by atoms with Gasteiger partial charge in [0.05, 0.1) is 5.92 Å². The molecule has 1 saturated heterocycles. The van der Waals surface area contributed by atoms with E-state index in [1.807, 2.05) is 12.1 Å². The van der Waals surface area contributed by atoms with Crippen molar-refractivity contribution in [2.24, 2.45) is 11.7 Å². The van der Waals surface area contributed by atoms with E-state index in [-0.39, 0.29) is 11.8 Å². The van der Waals surface area contributed by atoms with Gasteiger partial charge in [-0.15, -0.1) is 0 Å². The molecule has 1 atom stereocenters. The second-order valence-electron chi connectivity index (χ2n) is 6.12. The fourth-order valence-electron chi connectivity index (χ4n) is 2.95. The third-order valence-corrected chi connectivity index (χ3v) is 4.61. The van der Waals surface area contributed by atoms with E-state index in [4.69, 9.17) is 17.3 Å². The normalized spacial score (nSPS) is 22.3. The van der Waals surface area contributed by atoms with Crippen molar-refractivity contribution in [1.82, 2.24) is 5.32 Å². The van der Waals surface area contributed by atoms with Gasteiger partial charge < -0.3 is 16.0 Å². The number of benzene rings is 1. The molecular weight excluding hydrogens is 286 g/mol. The van der Waals surface area contributed by atoms with Crippen molar-refractivity contribution in [2.45, 2.75) is 38.3 Å². The van der Waals surface area contributed by atoms with Crippen LogP contribution < -0.4 is 16.0 Å². The maximum absolute atomic E-state index is 11.5. The zero-order chi connectivity index (χ0) is 14.8. The van der Waals surface area contributed by atoms with Crippen LogP contribution in [-0.2, 0) is 11.3 Å². The first-order valence-electron chi connectivity index (χ1n) is 7.69. The van der Waals surface area contributed by atoms with E-state index in [0.29, 0.717) is 12.6 Å². The van der Waals surface area contributed by atoms with Crippen molar-refractivity contribution in [3.63, 3.8) is 0 Å². The molecule has 1 aliphatic carbocycles. The Labute approximate surface area is 130 Å². The van der Waals surface area contributed by atoms with Gasteiger partial charge in [0.1, 0.15) is 0 Å². The number of primary amides is 1. The molecule has 0 aromatic heterocycles. The van der Waals surface area contributed by atoms with Gasteiger partial charge in [0.15, 0.2) is 0 Å². The van der Waals surface area contributed by atoms with Crippen LogP contribution in [0.1, 0.15) is 31.2 Å². The Balaban J connectivity index is 1.77. The topological polar surface area (TPSA) is 58.4 Å². The number of carbonyl (C=O) groups is 1. The summed E-state index contributed by atoms with van der Waals surface area (Å²) in [5.41, 5.74) is 7.87. The number of nitrogens with zero attached hydrogens (tertiary/aromatic N) is 1. The van der Waals surface area contributed by atoms with Gasteiger partial charge in [-0.2, -0.15) is 0 Å². The lowest BCUT2D eigenvalue weighted by Crippen LogP contribution is -2.41. The number of nitrogens with one attached hydrogen (secondary N) is 1. The SMILES string of the molecule is NC(=O)C1CCCN(c2cc(Cl)ccc2CNC2CC2)C1. The Hall–Kier alpha value is -1.26. The lowest BCUT2D eigenvalue weighted by atomic mass is 9.96. The van der Waals surface area contributed by atoms with Crippen molar-refractivity contribution < 1.29 is 4.79 Å². The smallest absolute Gasteiger partial charge is 0.222 e. The van der Waals surface area contributed by atoms with Crippen LogP contribution in [0.2, 0.25) is 5.02 Å². The van der Waals surface area contributed by atoms with Gasteiger partial charge in [0.2, 0.25) is 5.91 Å². The van der Waals surface area contributed by atoms with E-state index in [1.54, 1.807) is 0 Å². The van der Waals surface area contributed by atoms with Crippen LogP contribution in [0.5, 0.6) is 0 Å². The zero-order valence-corrected chi connectivity index (χ0v) is 12.9. The Morgan fingerprint density at radius 2 is 2.19 bits per heavy atom. The van der Waals surface area contributed by atoms with Crippen LogP contribution in [0.3, 0.4) is 0 Å². The maximum atomic E-state index is 11.5. The quantitative estimate of drug-likeness (QED) is 0.877. The van der Waals surface area contributed by atoms with Crippen molar-refractivity contribution in [1.29, 1.82) is 0 Å². The summed E-state index contributed by atoms with van der Waals surface area (Å²) in [4.78, 5) is 13.7. The second-order valence-corrected chi connectivity index (χ2v) is 6.55. The van der Waals surface area contributed by atoms with Crippen molar-refractivity contribution in [3.05, 3.63) is 28.8 Å². The van der Waals surface area contributed by atoms with Crippen LogP contribution in [0.25, 0.3) is 0 Å². The minimum Gasteiger partial charge on any atom is -0.370 e. The van der Waals surface area contributed by atoms with E-state index in [1.165, 1.54) is 18.4 Å². The summed E-state index contributed by atoms with van der Waals surface area (Å²) in [5.74, 6) is -0.249. The molecule has 3 rings (SSSR count). The second kappa shape index (κ2) is 6.24. The minimum atomic E-state index is -0.195. The van der Waals surface area contributed by atoms with Crippen LogP contribution >= 0.6 is 11.6 Å². The number of rotatable bonds is 5. The molecule has 1 aromatic carbocycles. The number of amides is 1. The molecule has 1 aromatic rings. The number of halogens is 1. The number of nitrogens with two attached hydrogens (primary N) is 1. The van der Waals surface area contributed by atoms with Crippen LogP contribution in [0, 0.1) is 5.92 Å². The van der Waals surface area contributed by atoms with Gasteiger partial charge in [-0.3, -0.25) is 4.79 Å². The molecule has 0 spiro atoms. The average Bonchev–Trinajstić information content (AvgIpc) is 3.30. The molecule has 1 heterocycles. The van der Waals surface area contributed by atoms with Crippen molar-refractivity contribution in [3.8, 4) is 0 Å². The van der Waals surface area contributed by atoms with Crippen molar-refractivity contribution >= 4 is 23.2 Å². The summed E-state index contributed by atoms with van der Waals surface area (Å²) in [6.07, 6.45) is 4.43. The van der Waals surface area contributed by atoms with Gasteiger partial charge in [0.25, 0.3) is 0 Å². The summed E-state index contributed by atoms with van der Waals surface area (Å²) in [7, 11) is 0. The van der Waals surface area contributed by atoms with Gasteiger partial charge in [-0.05, 0) is 43.4 Å². The standard InChI is InChI=1S/C16H22ClN3O/c17-13-4-3-11(9-19-14-5-6-14)15(8-13)20-7-1-2-12(10-20)16(18)21/h3-4,8,12,14,19H,1-2,5-7,9-10H2,(H2,18,21). The molecule has 0 radical (unpaired) electrons. The summed E-state index contributed by atoms with van der Waals surface area (Å²) in [6.45, 7) is 2.52. The number of hydrogen-bond donors (Lipinski definition) is 2. The lowest BCUT2D eigenvalue weighted by Gasteiger charge is -2.34. The third-order valence-electron chi connectivity index (χ3n) is 4.37. The fourth-order valence-corrected chi connectivity index (χ4v) is 3.12. The highest BCUT2D eigenvalue weighted by Crippen LogP contribution is 2.30. The summed E-state index contributed by atoms with van der Waals surface area (Å²) < 4.78 is 0. The summed E-state index contributed by atoms with van der Waals surface area (Å²) in [6, 6.07) is 6.70. The van der Waals surface area contributed by atoms with Crippen molar-refractivity contribution in [2.75, 3.05) is 18.0 Å². The predicted molar refractivity (Wildman–Crippen MR) is 85.4 cm³/mol. The minimum absolute atomic E-state index is 0.0537. The average molecular weight is 308 g/mol. The first-order chi connectivity index (χ1) is 10.1. The largest absolute Gasteiger partial charge is 0.370 e. The number of carbonyl (C=O) groups excluding carboxylic acids is 1. The molecule has 3 N–H and O–H groups in total. The Morgan fingerprint density at radius 3 is 2.90 bits per heavy atom. The Bertz CT molecular complexity index is 530. The molecule has 21 heavy (non-hydrogen) atoms. The molecule has 5 heteroatoms. The molecule has 2 aliphatic rings. The highest BCUT2D eigenvalue weighted by molar-refractivity contribution is 6.30. The molecule has 4 nitrogen and oxygen atoms in total. The first-order valence-corrected chi connectivity index (χ1v) is 8.07. The van der Waals surface area contributed by atoms with Gasteiger partial charge in [-0.25, -0.2) is 0 Å². The molecule has 114 valence electrons. The molecule has 1 unspecified atom stereocenters. The van der Waals surface area contributed by atoms with Gasteiger partial charge in [-0.1, -0.05) is 17.7 Å². The predicted octanol–water partition coefficient (Wildman–Crippen LogP) is 2.29. The van der Waals surface area contributed by atoms with Gasteiger partial charge >= 0.3 is 0 Å². The van der Waals surface area contributed by atoms with Crippen LogP contribution in [0.15, 0.2) is 18.2 Å². The molecule has 1 amide bonds. The third kappa shape index (κ3) is 3.69. The molecule has 1 saturated carbocycles. The van der Waals surface area contributed by atoms with E-state index in [9.17, 15) is 4.79 Å². The summed E-state index contributed by atoms with van der Waals surface area (Å²) >= 11 is 6.17. The van der Waals surface area contributed by atoms with E-state index >= 15 is 0 Å². The number of anilines is 1. The van der Waals surface area contributed by atoms with E-state index in [2.05, 4.69) is 16.3 Å². The lowest BCUT2D eigenvalue weighted by molar-refractivity contribution is -0.122. The van der Waals surface area contributed by atoms with E-state index in [0.717, 1.165) is 36.6 Å². The molecule has 0 bridgehead atoms. The fraction of sp³-hybridized carbons (Fsp3) is 0.562. The van der Waals surface area contributed by atoms with Crippen LogP contribution in [0.4, 0.5) is 5.69 Å². The highest BCUT2D eigenvalue weighted by Gasteiger charge is 2.26. The highest BCUT2D eigenvalue weighted by atomic mass is 35.5. The zero-order valence-electron chi connectivity index (χ0n) is 12.1. The Morgan fingerprint density at radius 1 is 1.38 bits per heavy atom. The molecule has 1 aliphatic heterocycles. The molecular formula is C16H22ClN3O. The number of piperidine rings is 1. The maximum Gasteiger partial charge on any atom is 0.222 e. The number of hydrogen-bond acceptors (Lipinski definition) is 3. The van der Waals surface area contributed by atoms with Gasteiger partial charge in [0, 0.05) is 36.4 Å². The Kier molecular flexibility index (Phi) is 4.36. The first kappa shape index (κ1) is 14.7. The summed E-state index contributed by atoms with van der Waals surface area (Å²) in [5, 5.41) is 4.28. The van der Waals surface area contributed by atoms with E-state index < -0.39 is 0 Å². The molecule has 2 fully saturated rings.